The van der Waals surface area contributed by atoms with Crippen LogP contribution in [0.5, 0.6) is 11.5 Å². The number of primary amides is 3. The molecule has 0 aliphatic carbocycles. The van der Waals surface area contributed by atoms with E-state index in [9.17, 15) is 141 Å². The first-order valence-corrected chi connectivity index (χ1v) is 46.6. The molecule has 39 N–H and O–H groups in total. The molecule has 0 spiro atoms. The topological polar surface area (TPSA) is 939 Å². The van der Waals surface area contributed by atoms with Gasteiger partial charge in [-0.15, -0.1) is 0 Å². The standard InChI is InChI=1S/C90H135N25O30/c1-4-45(2)72(113-74(129)52(93)28-30-70(125)126)86(141)110-62(38-49-22-26-51(120)27-23-49)88(143)115-35-13-19-65(115)85(140)111-63(43-116)84(139)107-59(39-66(94)121)75(130)100-42-69(124)101-53(18-12-34-99-90(97)98)79(134)114-73(46(3)118)87(142)109-61(41-68(96)123)83(138)106-58(37-48-20-24-50(119)25-21-48)81(136)108-60(40-67(95)122)82(137)104-56(29-31-71(127)128)78(133)102-54(16-8-10-32-91)76(131)105-57(36-47-14-6-5-7-15-47)80(135)103-55(17-9-11-33-92)77(132)112-64(44-117)89(144)145/h5-7,14-15,20-27,45-46,52-65,72-73,116-120H,4,8-13,16-19,28-44,91-93H2,1-3H3,(H2,94,121)(H2,95,122)(H2,96,123)(H,100,130)(H,101,124)(H,102,133)(H,103,135)(H,104,137)(H,105,131)(H,106,138)(H,107,139)(H,108,136)(H,109,142)(H,110,141)(H,111,140)(H,112,132)(H,113,129)(H,114,134)(H,125,126)(H,127,128)(H,144,145)(H4,97,98,99)/t45-,46+,52-,53-,54-,55-,56-,57-,58-,59-,60-,61-,62-,63-,64-,65-,72-,73-/m0/s1. The molecule has 145 heavy (non-hydrogen) atoms. The van der Waals surface area contributed by atoms with Crippen molar-refractivity contribution >= 4 is 136 Å². The number of unbranched alkanes of at least 4 members (excludes halogenated alkanes) is 2. The summed E-state index contributed by atoms with van der Waals surface area (Å²) in [6.45, 7) is 0.901. The number of carboxylic acids is 3. The number of aliphatic carboxylic acids is 3. The van der Waals surface area contributed by atoms with E-state index < -0.39 is 316 Å². The molecule has 1 aliphatic heterocycles. The van der Waals surface area contributed by atoms with Crippen LogP contribution in [-0.4, -0.2) is 331 Å². The lowest BCUT2D eigenvalue weighted by Gasteiger charge is -2.31. The number of carbonyl (C=O) groups is 22. The zero-order valence-electron chi connectivity index (χ0n) is 80.2. The number of phenolic OH excluding ortho intramolecular Hbond substituents is 2. The molecular weight excluding hydrogens is 1910 g/mol. The van der Waals surface area contributed by atoms with Gasteiger partial charge in [0.2, 0.25) is 112 Å². The number of aliphatic hydroxyl groups excluding tert-OH is 3. The zero-order chi connectivity index (χ0) is 108. The molecule has 55 nitrogen and oxygen atoms in total. The van der Waals surface area contributed by atoms with Gasteiger partial charge in [-0.2, -0.15) is 0 Å². The first-order valence-electron chi connectivity index (χ1n) is 46.6. The molecule has 1 fully saturated rings. The molecule has 3 aromatic carbocycles. The minimum Gasteiger partial charge on any atom is -0.508 e. The van der Waals surface area contributed by atoms with Crippen LogP contribution in [0, 0.1) is 11.3 Å². The number of amides is 19. The molecule has 3 aromatic rings. The van der Waals surface area contributed by atoms with Crippen LogP contribution in [0.3, 0.4) is 0 Å². The van der Waals surface area contributed by atoms with Gasteiger partial charge >= 0.3 is 17.9 Å². The fourth-order valence-electron chi connectivity index (χ4n) is 14.7. The highest BCUT2D eigenvalue weighted by Crippen LogP contribution is 2.23. The van der Waals surface area contributed by atoms with Gasteiger partial charge in [-0.1, -0.05) is 74.9 Å². The molecule has 0 unspecified atom stereocenters. The lowest BCUT2D eigenvalue weighted by Crippen LogP contribution is -2.62. The van der Waals surface area contributed by atoms with Gasteiger partial charge in [-0.05, 0) is 144 Å². The molecule has 0 bridgehead atoms. The molecule has 18 atom stereocenters. The van der Waals surface area contributed by atoms with E-state index in [0.717, 1.165) is 24.0 Å². The van der Waals surface area contributed by atoms with Crippen LogP contribution in [0.25, 0.3) is 0 Å². The lowest BCUT2D eigenvalue weighted by atomic mass is 9.96. The second kappa shape index (κ2) is 62.8. The minimum atomic E-state index is -2.19. The minimum absolute atomic E-state index is 0.0536. The normalized spacial score (nSPS) is 15.6. The van der Waals surface area contributed by atoms with Gasteiger partial charge in [0.1, 0.15) is 102 Å². The number of hydrogen-bond acceptors (Lipinski definition) is 31. The fraction of sp³-hybridized carbons (Fsp3) is 0.544. The van der Waals surface area contributed by atoms with Crippen LogP contribution in [-0.2, 0) is 125 Å². The van der Waals surface area contributed by atoms with Gasteiger partial charge in [0, 0.05) is 45.2 Å². The van der Waals surface area contributed by atoms with Crippen molar-refractivity contribution in [3.05, 3.63) is 95.6 Å². The number of benzene rings is 3. The largest absolute Gasteiger partial charge is 0.508 e. The van der Waals surface area contributed by atoms with Gasteiger partial charge in [-0.3, -0.25) is 106 Å². The summed E-state index contributed by atoms with van der Waals surface area (Å²) in [6, 6.07) is -9.96. The zero-order valence-corrected chi connectivity index (χ0v) is 80.2. The van der Waals surface area contributed by atoms with E-state index in [-0.39, 0.29) is 114 Å². The van der Waals surface area contributed by atoms with Crippen LogP contribution < -0.4 is 125 Å². The Morgan fingerprint density at radius 1 is 0.407 bits per heavy atom. The maximum atomic E-state index is 14.8. The van der Waals surface area contributed by atoms with E-state index in [2.05, 4.69) is 85.1 Å². The van der Waals surface area contributed by atoms with Gasteiger partial charge in [0.25, 0.3) is 0 Å². The summed E-state index contributed by atoms with van der Waals surface area (Å²) < 4.78 is 0. The van der Waals surface area contributed by atoms with Crippen molar-refractivity contribution in [2.24, 2.45) is 46.1 Å². The number of carboxylic acid groups (broad SMARTS) is 3. The maximum Gasteiger partial charge on any atom is 0.328 e. The van der Waals surface area contributed by atoms with Crippen molar-refractivity contribution < 1.29 is 146 Å². The highest BCUT2D eigenvalue weighted by molar-refractivity contribution is 6.03. The number of nitrogens with zero attached hydrogens (tertiary/aromatic N) is 1. The monoisotopic (exact) mass is 2050 g/mol. The van der Waals surface area contributed by atoms with Crippen molar-refractivity contribution in [2.75, 3.05) is 45.9 Å². The van der Waals surface area contributed by atoms with Gasteiger partial charge in [0.05, 0.1) is 51.2 Å². The number of carbonyl (C=O) groups excluding carboxylic acids is 19. The van der Waals surface area contributed by atoms with Crippen LogP contribution in [0.4, 0.5) is 0 Å². The molecule has 800 valence electrons. The van der Waals surface area contributed by atoms with Gasteiger partial charge in [-0.25, -0.2) is 4.79 Å². The molecule has 0 aromatic heterocycles. The predicted molar refractivity (Wildman–Crippen MR) is 510 cm³/mol. The van der Waals surface area contributed by atoms with E-state index >= 15 is 0 Å². The van der Waals surface area contributed by atoms with E-state index in [1.165, 1.54) is 36.4 Å². The van der Waals surface area contributed by atoms with Crippen molar-refractivity contribution in [3.63, 3.8) is 0 Å². The van der Waals surface area contributed by atoms with Crippen LogP contribution in [0.2, 0.25) is 0 Å². The summed E-state index contributed by atoms with van der Waals surface area (Å²) in [4.78, 5) is 302. The molecule has 0 saturated carbocycles. The SMILES string of the molecule is CC[C@H](C)[C@H](NC(=O)[C@@H](N)CCC(=O)O)C(=O)N[C@@H](Cc1ccc(O)cc1)C(=O)N1CCC[C@H]1C(=O)N[C@@H](CO)C(=O)N[C@@H](CC(N)=O)C(=O)NCC(=O)N[C@@H](CCCNC(=N)N)C(=O)N[C@H](C(=O)N[C@@H](CC(N)=O)C(=O)N[C@@H](Cc1ccc(O)cc1)C(=O)N[C@@H](CC(N)=O)C(=O)N[C@@H](CCC(=O)O)C(=O)N[C@@H](CCCCN)C(=O)N[C@@H](Cc1ccccc1)C(=O)N[C@@H](CCCCN)C(=O)N[C@@H](CO)C(=O)O)[C@@H](C)O. The number of aliphatic hydroxyl groups is 3. The molecule has 1 saturated heterocycles. The number of nitrogens with one attached hydrogen (secondary N) is 17. The number of hydrogen-bond donors (Lipinski definition) is 32. The molecule has 0 radical (unpaired) electrons. The number of aromatic hydroxyl groups is 2. The number of rotatable bonds is 67. The highest BCUT2D eigenvalue weighted by Gasteiger charge is 2.44. The summed E-state index contributed by atoms with van der Waals surface area (Å²) >= 11 is 0. The third-order valence-corrected chi connectivity index (χ3v) is 22.8. The Morgan fingerprint density at radius 3 is 1.22 bits per heavy atom. The molecule has 19 amide bonds. The van der Waals surface area contributed by atoms with Crippen LogP contribution >= 0.6 is 0 Å². The first-order chi connectivity index (χ1) is 68.5. The van der Waals surface area contributed by atoms with Crippen LogP contribution in [0.15, 0.2) is 78.9 Å². The summed E-state index contributed by atoms with van der Waals surface area (Å²) in [6.07, 6.45) is -8.39. The van der Waals surface area contributed by atoms with E-state index in [0.29, 0.717) is 24.0 Å². The highest BCUT2D eigenvalue weighted by atomic mass is 16.4. The van der Waals surface area contributed by atoms with Crippen molar-refractivity contribution in [1.29, 1.82) is 5.41 Å². The lowest BCUT2D eigenvalue weighted by molar-refractivity contribution is -0.143. The molecule has 1 heterocycles. The smallest absolute Gasteiger partial charge is 0.328 e. The number of likely N-dealkylation sites (tertiary alicyclic amines) is 1. The van der Waals surface area contributed by atoms with Crippen molar-refractivity contribution in [2.45, 2.75) is 258 Å². The number of guanidine groups is 1. The Kier molecular flexibility index (Phi) is 52.8. The van der Waals surface area contributed by atoms with Crippen molar-refractivity contribution in [3.8, 4) is 11.5 Å². The Balaban J connectivity index is 1.59. The Bertz CT molecular complexity index is 4970. The predicted octanol–water partition coefficient (Wildman–Crippen LogP) is -11.3. The summed E-state index contributed by atoms with van der Waals surface area (Å²) in [5.41, 5.74) is 40.5. The number of nitrogens with two attached hydrogens (primary N) is 7. The third-order valence-electron chi connectivity index (χ3n) is 22.8. The van der Waals surface area contributed by atoms with E-state index in [4.69, 9.17) is 50.7 Å². The maximum absolute atomic E-state index is 14.8. The molecular formula is C90H135N25O30. The van der Waals surface area contributed by atoms with Gasteiger partial charge < -0.3 is 171 Å². The Morgan fingerprint density at radius 2 is 0.779 bits per heavy atom. The quantitative estimate of drug-likeness (QED) is 0.0142. The first kappa shape index (κ1) is 122. The molecule has 55 heteroatoms. The van der Waals surface area contributed by atoms with E-state index in [1.54, 1.807) is 44.2 Å². The summed E-state index contributed by atoms with van der Waals surface area (Å²) in [5, 5.41) is 125. The summed E-state index contributed by atoms with van der Waals surface area (Å²) in [5.74, 6) is -28.7. The average Bonchev–Trinajstić information content (AvgIpc) is 1.70. The second-order valence-electron chi connectivity index (χ2n) is 34.5. The fourth-order valence-corrected chi connectivity index (χ4v) is 14.7. The Labute approximate surface area is 831 Å². The Hall–Kier alpha value is -15.4. The van der Waals surface area contributed by atoms with Gasteiger partial charge in [0.15, 0.2) is 5.96 Å². The number of phenols is 2. The van der Waals surface area contributed by atoms with E-state index in [1.807, 2.05) is 0 Å². The second-order valence-corrected chi connectivity index (χ2v) is 34.5. The average molecular weight is 2050 g/mol. The molecule has 1 aliphatic rings. The summed E-state index contributed by atoms with van der Waals surface area (Å²) in [7, 11) is 0. The van der Waals surface area contributed by atoms with Crippen LogP contribution in [0.1, 0.15) is 153 Å². The van der Waals surface area contributed by atoms with Crippen molar-refractivity contribution in [1.82, 2.24) is 90.0 Å². The third kappa shape index (κ3) is 44.0. The molecule has 4 rings (SSSR count).